The van der Waals surface area contributed by atoms with Crippen molar-refractivity contribution in [2.45, 2.75) is 6.92 Å². The molecule has 2 aromatic carbocycles. The van der Waals surface area contributed by atoms with Crippen LogP contribution in [0, 0.1) is 5.82 Å². The summed E-state index contributed by atoms with van der Waals surface area (Å²) < 4.78 is 19.0. The van der Waals surface area contributed by atoms with E-state index in [0.29, 0.717) is 23.1 Å². The van der Waals surface area contributed by atoms with Gasteiger partial charge in [0.2, 0.25) is 0 Å². The van der Waals surface area contributed by atoms with Gasteiger partial charge in [-0.3, -0.25) is 4.79 Å². The van der Waals surface area contributed by atoms with Crippen molar-refractivity contribution in [2.75, 3.05) is 11.9 Å². The summed E-state index contributed by atoms with van der Waals surface area (Å²) in [4.78, 5) is 12.1. The molecule has 20 heavy (non-hydrogen) atoms. The summed E-state index contributed by atoms with van der Waals surface area (Å²) in [5.74, 6) is -0.663. The molecule has 0 aromatic heterocycles. The number of hydrogen-bond acceptors (Lipinski definition) is 2. The van der Waals surface area contributed by atoms with Gasteiger partial charge in [-0.15, -0.1) is 0 Å². The third-order valence-corrected chi connectivity index (χ3v) is 2.84. The molecule has 5 heteroatoms. The van der Waals surface area contributed by atoms with E-state index in [1.54, 1.807) is 24.3 Å². The molecule has 0 spiro atoms. The maximum absolute atomic E-state index is 13.6. The highest BCUT2D eigenvalue weighted by Gasteiger charge is 2.14. The van der Waals surface area contributed by atoms with E-state index >= 15 is 0 Å². The smallest absolute Gasteiger partial charge is 0.258 e. The first-order chi connectivity index (χ1) is 9.61. The predicted octanol–water partition coefficient (Wildman–Crippen LogP) is 4.13. The zero-order chi connectivity index (χ0) is 14.5. The van der Waals surface area contributed by atoms with Gasteiger partial charge in [-0.05, 0) is 37.3 Å². The van der Waals surface area contributed by atoms with Gasteiger partial charge in [-0.25, -0.2) is 4.39 Å². The van der Waals surface area contributed by atoms with Crippen molar-refractivity contribution in [3.63, 3.8) is 0 Å². The second kappa shape index (κ2) is 6.39. The van der Waals surface area contributed by atoms with Gasteiger partial charge in [0.1, 0.15) is 11.6 Å². The van der Waals surface area contributed by atoms with Gasteiger partial charge in [0.15, 0.2) is 0 Å². The SMILES string of the molecule is CCOc1ccccc1NC(=O)c1cc(Cl)ccc1F. The first kappa shape index (κ1) is 14.3. The van der Waals surface area contributed by atoms with Crippen molar-refractivity contribution in [1.29, 1.82) is 0 Å². The number of hydrogen-bond donors (Lipinski definition) is 1. The van der Waals surface area contributed by atoms with Crippen LogP contribution in [0.4, 0.5) is 10.1 Å². The molecule has 3 nitrogen and oxygen atoms in total. The Kier molecular flexibility index (Phi) is 4.58. The fourth-order valence-electron chi connectivity index (χ4n) is 1.71. The van der Waals surface area contributed by atoms with E-state index in [2.05, 4.69) is 5.32 Å². The van der Waals surface area contributed by atoms with Crippen LogP contribution in [0.2, 0.25) is 5.02 Å². The molecule has 0 heterocycles. The molecule has 104 valence electrons. The van der Waals surface area contributed by atoms with E-state index in [0.717, 1.165) is 6.07 Å². The molecule has 0 radical (unpaired) electrons. The second-order valence-electron chi connectivity index (χ2n) is 4.01. The van der Waals surface area contributed by atoms with Gasteiger partial charge in [-0.2, -0.15) is 0 Å². The lowest BCUT2D eigenvalue weighted by Gasteiger charge is -2.11. The van der Waals surface area contributed by atoms with Crippen LogP contribution in [0.5, 0.6) is 5.75 Å². The molecule has 0 saturated heterocycles. The Labute approximate surface area is 121 Å². The lowest BCUT2D eigenvalue weighted by molar-refractivity contribution is 0.102. The third kappa shape index (κ3) is 3.27. The molecule has 2 aromatic rings. The fourth-order valence-corrected chi connectivity index (χ4v) is 1.88. The first-order valence-electron chi connectivity index (χ1n) is 6.10. The molecule has 1 amide bonds. The summed E-state index contributed by atoms with van der Waals surface area (Å²) in [6.07, 6.45) is 0. The molecule has 0 unspecified atom stereocenters. The minimum atomic E-state index is -0.624. The van der Waals surface area contributed by atoms with E-state index in [9.17, 15) is 9.18 Å². The van der Waals surface area contributed by atoms with E-state index in [1.807, 2.05) is 6.92 Å². The second-order valence-corrected chi connectivity index (χ2v) is 4.44. The summed E-state index contributed by atoms with van der Waals surface area (Å²) in [5, 5.41) is 2.92. The van der Waals surface area contributed by atoms with Crippen LogP contribution in [0.1, 0.15) is 17.3 Å². The summed E-state index contributed by atoms with van der Waals surface area (Å²) in [5.41, 5.74) is 0.377. The lowest BCUT2D eigenvalue weighted by atomic mass is 10.2. The Morgan fingerprint density at radius 1 is 1.30 bits per heavy atom. The van der Waals surface area contributed by atoms with Crippen molar-refractivity contribution in [3.8, 4) is 5.75 Å². The molecule has 0 aliphatic carbocycles. The molecular weight excluding hydrogens is 281 g/mol. The Hall–Kier alpha value is -2.07. The minimum Gasteiger partial charge on any atom is -0.492 e. The molecule has 2 rings (SSSR count). The number of carbonyl (C=O) groups is 1. The summed E-state index contributed by atoms with van der Waals surface area (Å²) >= 11 is 5.77. The molecule has 0 saturated carbocycles. The van der Waals surface area contributed by atoms with Crippen LogP contribution < -0.4 is 10.1 Å². The van der Waals surface area contributed by atoms with Crippen LogP contribution in [0.15, 0.2) is 42.5 Å². The lowest BCUT2D eigenvalue weighted by Crippen LogP contribution is -2.14. The topological polar surface area (TPSA) is 38.3 Å². The largest absolute Gasteiger partial charge is 0.492 e. The number of halogens is 2. The van der Waals surface area contributed by atoms with E-state index < -0.39 is 11.7 Å². The zero-order valence-electron chi connectivity index (χ0n) is 10.8. The van der Waals surface area contributed by atoms with Crippen molar-refractivity contribution < 1.29 is 13.9 Å². The van der Waals surface area contributed by atoms with Crippen molar-refractivity contribution in [2.24, 2.45) is 0 Å². The van der Waals surface area contributed by atoms with Crippen LogP contribution in [-0.2, 0) is 0 Å². The van der Waals surface area contributed by atoms with E-state index in [4.69, 9.17) is 16.3 Å². The van der Waals surface area contributed by atoms with Crippen molar-refractivity contribution in [1.82, 2.24) is 0 Å². The number of benzene rings is 2. The number of nitrogens with one attached hydrogen (secondary N) is 1. The minimum absolute atomic E-state index is 0.108. The number of para-hydroxylation sites is 2. The number of carbonyl (C=O) groups excluding carboxylic acids is 1. The van der Waals surface area contributed by atoms with Crippen LogP contribution >= 0.6 is 11.6 Å². The number of ether oxygens (including phenoxy) is 1. The van der Waals surface area contributed by atoms with Gasteiger partial charge in [-0.1, -0.05) is 23.7 Å². The third-order valence-electron chi connectivity index (χ3n) is 2.61. The molecule has 0 fully saturated rings. The van der Waals surface area contributed by atoms with E-state index in [1.165, 1.54) is 12.1 Å². The van der Waals surface area contributed by atoms with Gasteiger partial charge < -0.3 is 10.1 Å². The standard InChI is InChI=1S/C15H13ClFNO2/c1-2-20-14-6-4-3-5-13(14)18-15(19)11-9-10(16)7-8-12(11)17/h3-9H,2H2,1H3,(H,18,19). The normalized spacial score (nSPS) is 10.2. The molecule has 0 bridgehead atoms. The van der Waals surface area contributed by atoms with E-state index in [-0.39, 0.29) is 5.56 Å². The van der Waals surface area contributed by atoms with Gasteiger partial charge in [0.05, 0.1) is 17.9 Å². The number of rotatable bonds is 4. The quantitative estimate of drug-likeness (QED) is 0.920. The highest BCUT2D eigenvalue weighted by atomic mass is 35.5. The van der Waals surface area contributed by atoms with Gasteiger partial charge in [0, 0.05) is 5.02 Å². The maximum Gasteiger partial charge on any atom is 0.258 e. The van der Waals surface area contributed by atoms with Crippen LogP contribution in [-0.4, -0.2) is 12.5 Å². The highest BCUT2D eigenvalue weighted by Crippen LogP contribution is 2.25. The molecular formula is C15H13ClFNO2. The van der Waals surface area contributed by atoms with Gasteiger partial charge in [0.25, 0.3) is 5.91 Å². The van der Waals surface area contributed by atoms with Crippen LogP contribution in [0.3, 0.4) is 0 Å². The maximum atomic E-state index is 13.6. The predicted molar refractivity (Wildman–Crippen MR) is 77.0 cm³/mol. The van der Waals surface area contributed by atoms with Gasteiger partial charge >= 0.3 is 0 Å². The van der Waals surface area contributed by atoms with Crippen molar-refractivity contribution >= 4 is 23.2 Å². The summed E-state index contributed by atoms with van der Waals surface area (Å²) in [7, 11) is 0. The average molecular weight is 294 g/mol. The Balaban J connectivity index is 2.26. The van der Waals surface area contributed by atoms with Crippen molar-refractivity contribution in [3.05, 3.63) is 58.9 Å². The first-order valence-corrected chi connectivity index (χ1v) is 6.48. The molecule has 0 aliphatic rings. The highest BCUT2D eigenvalue weighted by molar-refractivity contribution is 6.31. The average Bonchev–Trinajstić information content (AvgIpc) is 2.44. The number of anilines is 1. The van der Waals surface area contributed by atoms with Crippen LogP contribution in [0.25, 0.3) is 0 Å². The monoisotopic (exact) mass is 293 g/mol. The zero-order valence-corrected chi connectivity index (χ0v) is 11.6. The summed E-state index contributed by atoms with van der Waals surface area (Å²) in [6.45, 7) is 2.31. The summed E-state index contributed by atoms with van der Waals surface area (Å²) in [6, 6.07) is 10.8. The Morgan fingerprint density at radius 2 is 2.05 bits per heavy atom. The Morgan fingerprint density at radius 3 is 2.80 bits per heavy atom. The number of amides is 1. The molecule has 0 atom stereocenters. The Bertz CT molecular complexity index is 631. The molecule has 1 N–H and O–H groups in total. The molecule has 0 aliphatic heterocycles. The fraction of sp³-hybridized carbons (Fsp3) is 0.133.